The fourth-order valence-corrected chi connectivity index (χ4v) is 3.27. The summed E-state index contributed by atoms with van der Waals surface area (Å²) in [5, 5.41) is 10.6. The van der Waals surface area contributed by atoms with Crippen molar-refractivity contribution < 1.29 is 9.59 Å². The molecule has 1 aromatic carbocycles. The molecular weight excluding hydrogens is 348 g/mol. The molecule has 1 aromatic heterocycles. The molecule has 0 aliphatic heterocycles. The number of anilines is 2. The van der Waals surface area contributed by atoms with E-state index in [2.05, 4.69) is 26.9 Å². The van der Waals surface area contributed by atoms with Gasteiger partial charge in [0.25, 0.3) is 0 Å². The number of urea groups is 1. The standard InChI is InChI=1S/C19H26N4O2S/c1-13(2)18(24)21-14-7-5-8-15(11-14)22-19(25)20-12-16(23(3)4)17-9-6-10-26-17/h5-11,13,16H,12H2,1-4H3,(H,21,24)(H2,20,22,25). The van der Waals surface area contributed by atoms with E-state index in [-0.39, 0.29) is 23.9 Å². The van der Waals surface area contributed by atoms with E-state index in [1.54, 1.807) is 35.6 Å². The smallest absolute Gasteiger partial charge is 0.319 e. The van der Waals surface area contributed by atoms with Gasteiger partial charge in [0, 0.05) is 28.7 Å². The minimum absolute atomic E-state index is 0.0589. The number of rotatable bonds is 7. The van der Waals surface area contributed by atoms with Crippen LogP contribution in [0.3, 0.4) is 0 Å². The normalized spacial score (nSPS) is 12.1. The summed E-state index contributed by atoms with van der Waals surface area (Å²) in [4.78, 5) is 27.3. The average molecular weight is 375 g/mol. The van der Waals surface area contributed by atoms with Crippen LogP contribution in [0.25, 0.3) is 0 Å². The fourth-order valence-electron chi connectivity index (χ4n) is 2.34. The summed E-state index contributed by atoms with van der Waals surface area (Å²) in [6.45, 7) is 4.17. The Morgan fingerprint density at radius 1 is 1.08 bits per heavy atom. The number of benzene rings is 1. The van der Waals surface area contributed by atoms with Crippen molar-refractivity contribution in [3.8, 4) is 0 Å². The first-order chi connectivity index (χ1) is 12.4. The van der Waals surface area contributed by atoms with Gasteiger partial charge in [-0.15, -0.1) is 11.3 Å². The quantitative estimate of drug-likeness (QED) is 0.691. The van der Waals surface area contributed by atoms with Crippen LogP contribution in [0.5, 0.6) is 0 Å². The molecule has 6 nitrogen and oxygen atoms in total. The predicted octanol–water partition coefficient (Wildman–Crippen LogP) is 3.77. The highest BCUT2D eigenvalue weighted by Gasteiger charge is 2.16. The molecule has 0 aliphatic carbocycles. The third-order valence-corrected chi connectivity index (χ3v) is 4.84. The lowest BCUT2D eigenvalue weighted by Crippen LogP contribution is -2.36. The Bertz CT molecular complexity index is 729. The molecule has 3 N–H and O–H groups in total. The summed E-state index contributed by atoms with van der Waals surface area (Å²) in [5.74, 6) is -0.161. The highest BCUT2D eigenvalue weighted by Crippen LogP contribution is 2.22. The number of carbonyl (C=O) groups excluding carboxylic acids is 2. The molecule has 7 heteroatoms. The highest BCUT2D eigenvalue weighted by atomic mass is 32.1. The largest absolute Gasteiger partial charge is 0.336 e. The summed E-state index contributed by atoms with van der Waals surface area (Å²) >= 11 is 1.67. The fraction of sp³-hybridized carbons (Fsp3) is 0.368. The van der Waals surface area contributed by atoms with Gasteiger partial charge in [-0.2, -0.15) is 0 Å². The van der Waals surface area contributed by atoms with E-state index in [9.17, 15) is 9.59 Å². The van der Waals surface area contributed by atoms with Crippen LogP contribution in [0.4, 0.5) is 16.2 Å². The van der Waals surface area contributed by atoms with Crippen LogP contribution < -0.4 is 16.0 Å². The van der Waals surface area contributed by atoms with Crippen LogP contribution >= 0.6 is 11.3 Å². The monoisotopic (exact) mass is 374 g/mol. The van der Waals surface area contributed by atoms with Crippen molar-refractivity contribution in [3.63, 3.8) is 0 Å². The highest BCUT2D eigenvalue weighted by molar-refractivity contribution is 7.10. The van der Waals surface area contributed by atoms with Gasteiger partial charge >= 0.3 is 6.03 Å². The van der Waals surface area contributed by atoms with Crippen molar-refractivity contribution in [1.82, 2.24) is 10.2 Å². The van der Waals surface area contributed by atoms with Crippen LogP contribution in [-0.4, -0.2) is 37.5 Å². The maximum atomic E-state index is 12.2. The number of amides is 3. The molecule has 0 saturated heterocycles. The van der Waals surface area contributed by atoms with Gasteiger partial charge in [-0.3, -0.25) is 4.79 Å². The van der Waals surface area contributed by atoms with Gasteiger partial charge in [0.15, 0.2) is 0 Å². The summed E-state index contributed by atoms with van der Waals surface area (Å²) in [6.07, 6.45) is 0. The van der Waals surface area contributed by atoms with Crippen molar-refractivity contribution in [2.75, 3.05) is 31.3 Å². The second kappa shape index (κ2) is 9.35. The van der Waals surface area contributed by atoms with Crippen molar-refractivity contribution >= 4 is 34.6 Å². The molecule has 0 aliphatic rings. The summed E-state index contributed by atoms with van der Waals surface area (Å²) < 4.78 is 0. The maximum absolute atomic E-state index is 12.2. The second-order valence-electron chi connectivity index (χ2n) is 6.55. The Kier molecular flexibility index (Phi) is 7.17. The van der Waals surface area contributed by atoms with Gasteiger partial charge in [0.05, 0.1) is 6.04 Å². The molecule has 0 bridgehead atoms. The summed E-state index contributed by atoms with van der Waals surface area (Å²) in [5.41, 5.74) is 1.29. The van der Waals surface area contributed by atoms with E-state index in [0.29, 0.717) is 17.9 Å². The Morgan fingerprint density at radius 2 is 1.77 bits per heavy atom. The van der Waals surface area contributed by atoms with Crippen LogP contribution in [0.15, 0.2) is 41.8 Å². The maximum Gasteiger partial charge on any atom is 0.319 e. The Hall–Kier alpha value is -2.38. The molecule has 1 unspecified atom stereocenters. The number of carbonyl (C=O) groups is 2. The molecule has 3 amide bonds. The van der Waals surface area contributed by atoms with Crippen molar-refractivity contribution in [1.29, 1.82) is 0 Å². The minimum Gasteiger partial charge on any atom is -0.336 e. The number of nitrogens with one attached hydrogen (secondary N) is 3. The zero-order valence-electron chi connectivity index (χ0n) is 15.6. The topological polar surface area (TPSA) is 73.5 Å². The molecule has 0 saturated carbocycles. The SMILES string of the molecule is CC(C)C(=O)Nc1cccc(NC(=O)NCC(c2cccs2)N(C)C)c1. The van der Waals surface area contributed by atoms with Crippen LogP contribution in [-0.2, 0) is 4.79 Å². The van der Waals surface area contributed by atoms with Crippen LogP contribution in [0.1, 0.15) is 24.8 Å². The molecule has 1 atom stereocenters. The number of nitrogens with zero attached hydrogens (tertiary/aromatic N) is 1. The Balaban J connectivity index is 1.92. The van der Waals surface area contributed by atoms with Gasteiger partial charge < -0.3 is 20.9 Å². The molecule has 0 radical (unpaired) electrons. The molecule has 0 spiro atoms. The average Bonchev–Trinajstić information content (AvgIpc) is 3.09. The zero-order chi connectivity index (χ0) is 19.1. The van der Waals surface area contributed by atoms with Crippen molar-refractivity contribution in [3.05, 3.63) is 46.7 Å². The zero-order valence-corrected chi connectivity index (χ0v) is 16.4. The van der Waals surface area contributed by atoms with Crippen LogP contribution in [0, 0.1) is 5.92 Å². The third-order valence-electron chi connectivity index (χ3n) is 3.86. The Morgan fingerprint density at radius 3 is 2.35 bits per heavy atom. The van der Waals surface area contributed by atoms with Gasteiger partial charge in [-0.05, 0) is 43.7 Å². The molecule has 0 fully saturated rings. The molecule has 1 heterocycles. The van der Waals surface area contributed by atoms with Gasteiger partial charge in [-0.25, -0.2) is 4.79 Å². The van der Waals surface area contributed by atoms with E-state index in [1.807, 2.05) is 39.4 Å². The second-order valence-corrected chi connectivity index (χ2v) is 7.53. The first-order valence-electron chi connectivity index (χ1n) is 8.52. The van der Waals surface area contributed by atoms with Gasteiger partial charge in [0.1, 0.15) is 0 Å². The lowest BCUT2D eigenvalue weighted by Gasteiger charge is -2.23. The van der Waals surface area contributed by atoms with Crippen molar-refractivity contribution in [2.24, 2.45) is 5.92 Å². The molecule has 2 rings (SSSR count). The van der Waals surface area contributed by atoms with E-state index in [1.165, 1.54) is 4.88 Å². The number of hydrogen-bond donors (Lipinski definition) is 3. The van der Waals surface area contributed by atoms with E-state index < -0.39 is 0 Å². The number of likely N-dealkylation sites (N-methyl/N-ethyl adjacent to an activating group) is 1. The molecule has 2 aromatic rings. The predicted molar refractivity (Wildman–Crippen MR) is 108 cm³/mol. The third kappa shape index (κ3) is 5.86. The van der Waals surface area contributed by atoms with Crippen LogP contribution in [0.2, 0.25) is 0 Å². The molecule has 140 valence electrons. The summed E-state index contributed by atoms with van der Waals surface area (Å²) in [6, 6.07) is 11.0. The lowest BCUT2D eigenvalue weighted by molar-refractivity contribution is -0.118. The van der Waals surface area contributed by atoms with E-state index in [0.717, 1.165) is 0 Å². The first kappa shape index (κ1) is 19.9. The number of thiophene rings is 1. The van der Waals surface area contributed by atoms with Gasteiger partial charge in [0.2, 0.25) is 5.91 Å². The lowest BCUT2D eigenvalue weighted by atomic mass is 10.2. The number of hydrogen-bond acceptors (Lipinski definition) is 4. The molecular formula is C19H26N4O2S. The van der Waals surface area contributed by atoms with Gasteiger partial charge in [-0.1, -0.05) is 26.0 Å². The minimum atomic E-state index is -0.277. The first-order valence-corrected chi connectivity index (χ1v) is 9.40. The summed E-state index contributed by atoms with van der Waals surface area (Å²) in [7, 11) is 3.98. The van der Waals surface area contributed by atoms with Crippen molar-refractivity contribution in [2.45, 2.75) is 19.9 Å². The van der Waals surface area contributed by atoms with E-state index >= 15 is 0 Å². The van der Waals surface area contributed by atoms with E-state index in [4.69, 9.17) is 0 Å². The Labute approximate surface area is 158 Å². The molecule has 26 heavy (non-hydrogen) atoms.